The van der Waals surface area contributed by atoms with Gasteiger partial charge in [0.1, 0.15) is 5.75 Å². The van der Waals surface area contributed by atoms with Crippen LogP contribution in [0, 0.1) is 0 Å². The highest BCUT2D eigenvalue weighted by Crippen LogP contribution is 2.39. The van der Waals surface area contributed by atoms with E-state index in [1.807, 2.05) is 36.5 Å². The van der Waals surface area contributed by atoms with E-state index in [1.54, 1.807) is 7.11 Å². The Hall–Kier alpha value is -2.86. The fourth-order valence-corrected chi connectivity index (χ4v) is 4.05. The highest BCUT2D eigenvalue weighted by atomic mass is 32.1. The Morgan fingerprint density at radius 1 is 1.11 bits per heavy atom. The summed E-state index contributed by atoms with van der Waals surface area (Å²) in [4.78, 5) is 6.80. The quantitative estimate of drug-likeness (QED) is 0.683. The van der Waals surface area contributed by atoms with Crippen LogP contribution >= 0.6 is 12.2 Å². The van der Waals surface area contributed by atoms with Gasteiger partial charge < -0.3 is 19.5 Å². The van der Waals surface area contributed by atoms with Gasteiger partial charge in [-0.25, -0.2) is 0 Å². The molecular formula is C21H22N4OS. The zero-order chi connectivity index (χ0) is 18.8. The SMILES string of the molecule is CCN1C(=S)NC(c2ccccn2)C1c1cccn1-c1ccc(OC)cc1. The molecule has 0 amide bonds. The molecule has 4 rings (SSSR count). The minimum Gasteiger partial charge on any atom is -0.497 e. The Morgan fingerprint density at radius 3 is 2.59 bits per heavy atom. The number of rotatable bonds is 5. The molecule has 5 nitrogen and oxygen atoms in total. The van der Waals surface area contributed by atoms with E-state index in [4.69, 9.17) is 17.0 Å². The fourth-order valence-electron chi connectivity index (χ4n) is 3.68. The molecule has 0 bridgehead atoms. The normalized spacial score (nSPS) is 19.2. The lowest BCUT2D eigenvalue weighted by atomic mass is 10.0. The Balaban J connectivity index is 1.78. The summed E-state index contributed by atoms with van der Waals surface area (Å²) in [6.07, 6.45) is 3.91. The van der Waals surface area contributed by atoms with Crippen LogP contribution in [0.5, 0.6) is 5.75 Å². The van der Waals surface area contributed by atoms with Gasteiger partial charge in [-0.2, -0.15) is 0 Å². The van der Waals surface area contributed by atoms with Crippen LogP contribution < -0.4 is 10.1 Å². The number of methoxy groups -OCH3 is 1. The van der Waals surface area contributed by atoms with Gasteiger partial charge in [-0.15, -0.1) is 0 Å². The highest BCUT2D eigenvalue weighted by molar-refractivity contribution is 7.80. The summed E-state index contributed by atoms with van der Waals surface area (Å²) in [5, 5.41) is 4.23. The van der Waals surface area contributed by atoms with E-state index in [-0.39, 0.29) is 12.1 Å². The maximum Gasteiger partial charge on any atom is 0.170 e. The second kappa shape index (κ2) is 7.40. The zero-order valence-corrected chi connectivity index (χ0v) is 16.2. The Kier molecular flexibility index (Phi) is 4.81. The van der Waals surface area contributed by atoms with E-state index in [0.717, 1.165) is 28.8 Å². The highest BCUT2D eigenvalue weighted by Gasteiger charge is 2.40. The molecule has 1 aliphatic heterocycles. The van der Waals surface area contributed by atoms with Crippen LogP contribution in [0.2, 0.25) is 0 Å². The summed E-state index contributed by atoms with van der Waals surface area (Å²) in [5.41, 5.74) is 3.25. The van der Waals surface area contributed by atoms with Crippen molar-refractivity contribution in [1.82, 2.24) is 19.8 Å². The predicted molar refractivity (Wildman–Crippen MR) is 110 cm³/mol. The molecule has 0 radical (unpaired) electrons. The standard InChI is InChI=1S/C21H22N4OS/c1-3-24-20(19(23-21(24)27)17-7-4-5-13-22-17)18-8-6-14-25(18)15-9-11-16(26-2)12-10-15/h4-14,19-20H,3H2,1-2H3,(H,23,27). The van der Waals surface area contributed by atoms with Gasteiger partial charge in [0, 0.05) is 30.3 Å². The van der Waals surface area contributed by atoms with Gasteiger partial charge in [-0.05, 0) is 67.7 Å². The number of benzene rings is 1. The lowest BCUT2D eigenvalue weighted by molar-refractivity contribution is 0.321. The van der Waals surface area contributed by atoms with Crippen molar-refractivity contribution >= 4 is 17.3 Å². The molecule has 0 aliphatic carbocycles. The summed E-state index contributed by atoms with van der Waals surface area (Å²) in [6, 6.07) is 18.4. The third-order valence-electron chi connectivity index (χ3n) is 4.97. The summed E-state index contributed by atoms with van der Waals surface area (Å²) < 4.78 is 7.49. The van der Waals surface area contributed by atoms with Crippen LogP contribution in [0.4, 0.5) is 0 Å². The van der Waals surface area contributed by atoms with Crippen molar-refractivity contribution in [2.45, 2.75) is 19.0 Å². The molecule has 1 fully saturated rings. The van der Waals surface area contributed by atoms with E-state index in [1.165, 1.54) is 5.69 Å². The molecule has 0 saturated carbocycles. The lowest BCUT2D eigenvalue weighted by Crippen LogP contribution is -2.30. The number of ether oxygens (including phenoxy) is 1. The van der Waals surface area contributed by atoms with Gasteiger partial charge >= 0.3 is 0 Å². The third-order valence-corrected chi connectivity index (χ3v) is 5.32. The average Bonchev–Trinajstić information content (AvgIpc) is 3.32. The molecule has 6 heteroatoms. The number of aromatic nitrogens is 2. The zero-order valence-electron chi connectivity index (χ0n) is 15.4. The third kappa shape index (κ3) is 3.17. The number of pyridine rings is 1. The molecule has 0 spiro atoms. The predicted octanol–water partition coefficient (Wildman–Crippen LogP) is 3.87. The molecule has 1 aliphatic rings. The lowest BCUT2D eigenvalue weighted by Gasteiger charge is -2.28. The van der Waals surface area contributed by atoms with Crippen molar-refractivity contribution in [1.29, 1.82) is 0 Å². The largest absolute Gasteiger partial charge is 0.497 e. The van der Waals surface area contributed by atoms with Crippen molar-refractivity contribution in [2.75, 3.05) is 13.7 Å². The van der Waals surface area contributed by atoms with Crippen LogP contribution in [-0.4, -0.2) is 33.2 Å². The van der Waals surface area contributed by atoms with E-state index in [9.17, 15) is 0 Å². The van der Waals surface area contributed by atoms with Gasteiger partial charge in [0.05, 0.1) is 24.9 Å². The monoisotopic (exact) mass is 378 g/mol. The summed E-state index contributed by atoms with van der Waals surface area (Å²) in [6.45, 7) is 2.95. The maximum atomic E-state index is 5.62. The molecular weight excluding hydrogens is 356 g/mol. The number of nitrogens with one attached hydrogen (secondary N) is 1. The molecule has 1 N–H and O–H groups in total. The first-order chi connectivity index (χ1) is 13.2. The summed E-state index contributed by atoms with van der Waals surface area (Å²) in [5.74, 6) is 0.845. The second-order valence-corrected chi connectivity index (χ2v) is 6.80. The number of hydrogen-bond donors (Lipinski definition) is 1. The molecule has 3 heterocycles. The van der Waals surface area contributed by atoms with Crippen LogP contribution in [0.3, 0.4) is 0 Å². The molecule has 2 aromatic heterocycles. The molecule has 27 heavy (non-hydrogen) atoms. The van der Waals surface area contributed by atoms with Crippen LogP contribution in [-0.2, 0) is 0 Å². The number of thiocarbonyl (C=S) groups is 1. The number of nitrogens with zero attached hydrogens (tertiary/aromatic N) is 3. The number of hydrogen-bond acceptors (Lipinski definition) is 3. The summed E-state index contributed by atoms with van der Waals surface area (Å²) >= 11 is 5.62. The molecule has 1 aromatic carbocycles. The smallest absolute Gasteiger partial charge is 0.170 e. The minimum absolute atomic E-state index is 0.00514. The van der Waals surface area contributed by atoms with Gasteiger partial charge in [0.25, 0.3) is 0 Å². The van der Waals surface area contributed by atoms with Crippen molar-refractivity contribution in [3.8, 4) is 11.4 Å². The van der Waals surface area contributed by atoms with Crippen molar-refractivity contribution in [2.24, 2.45) is 0 Å². The summed E-state index contributed by atoms with van der Waals surface area (Å²) in [7, 11) is 1.68. The molecule has 2 unspecified atom stereocenters. The van der Waals surface area contributed by atoms with Crippen LogP contribution in [0.25, 0.3) is 5.69 Å². The first kappa shape index (κ1) is 17.5. The molecule has 3 aromatic rings. The number of likely N-dealkylation sites (N-methyl/N-ethyl adjacent to an activating group) is 1. The fraction of sp³-hybridized carbons (Fsp3) is 0.238. The molecule has 2 atom stereocenters. The van der Waals surface area contributed by atoms with E-state index < -0.39 is 0 Å². The van der Waals surface area contributed by atoms with Gasteiger partial charge in [0.15, 0.2) is 5.11 Å². The van der Waals surface area contributed by atoms with E-state index in [0.29, 0.717) is 0 Å². The van der Waals surface area contributed by atoms with Crippen molar-refractivity contribution in [3.63, 3.8) is 0 Å². The maximum absolute atomic E-state index is 5.62. The topological polar surface area (TPSA) is 42.3 Å². The van der Waals surface area contributed by atoms with Crippen molar-refractivity contribution < 1.29 is 4.74 Å². The Labute approximate surface area is 164 Å². The second-order valence-electron chi connectivity index (χ2n) is 6.41. The Bertz CT molecular complexity index is 923. The first-order valence-electron chi connectivity index (χ1n) is 9.02. The first-order valence-corrected chi connectivity index (χ1v) is 9.43. The minimum atomic E-state index is 0.00514. The average molecular weight is 379 g/mol. The van der Waals surface area contributed by atoms with Crippen LogP contribution in [0.15, 0.2) is 67.0 Å². The van der Waals surface area contributed by atoms with Gasteiger partial charge in [-0.1, -0.05) is 6.07 Å². The molecule has 1 saturated heterocycles. The van der Waals surface area contributed by atoms with E-state index in [2.05, 4.69) is 57.2 Å². The van der Waals surface area contributed by atoms with Gasteiger partial charge in [0.2, 0.25) is 0 Å². The Morgan fingerprint density at radius 2 is 1.93 bits per heavy atom. The van der Waals surface area contributed by atoms with Crippen molar-refractivity contribution in [3.05, 3.63) is 78.4 Å². The molecule has 138 valence electrons. The van der Waals surface area contributed by atoms with E-state index >= 15 is 0 Å². The van der Waals surface area contributed by atoms with Crippen LogP contribution in [0.1, 0.15) is 30.4 Å². The van der Waals surface area contributed by atoms with Gasteiger partial charge in [-0.3, -0.25) is 4.98 Å².